The van der Waals surface area contributed by atoms with Crippen LogP contribution in [0, 0.1) is 0 Å². The zero-order chi connectivity index (χ0) is 13.8. The highest BCUT2D eigenvalue weighted by Crippen LogP contribution is 2.14. The minimum Gasteiger partial charge on any atom is -0.456 e. The molecule has 4 nitrogen and oxygen atoms in total. The molecule has 1 aromatic carbocycles. The Morgan fingerprint density at radius 3 is 2.63 bits per heavy atom. The molecule has 0 aliphatic rings. The average Bonchev–Trinajstić information content (AvgIpc) is 2.88. The van der Waals surface area contributed by atoms with Crippen LogP contribution in [0.3, 0.4) is 0 Å². The Hall–Kier alpha value is -2.36. The van der Waals surface area contributed by atoms with Crippen LogP contribution in [0.25, 0.3) is 0 Å². The van der Waals surface area contributed by atoms with Gasteiger partial charge in [0.2, 0.25) is 0 Å². The molecular weight excluding hydrogens is 242 g/mol. The molecule has 19 heavy (non-hydrogen) atoms. The number of aryl methyl sites for hydroxylation is 1. The van der Waals surface area contributed by atoms with E-state index in [1.54, 1.807) is 36.4 Å². The number of benzene rings is 1. The van der Waals surface area contributed by atoms with Crippen LogP contribution < -0.4 is 5.32 Å². The van der Waals surface area contributed by atoms with E-state index in [1.807, 2.05) is 6.92 Å². The maximum Gasteiger partial charge on any atom is 0.291 e. The van der Waals surface area contributed by atoms with Gasteiger partial charge in [-0.3, -0.25) is 9.59 Å². The number of hydrogen-bond acceptors (Lipinski definition) is 3. The van der Waals surface area contributed by atoms with Gasteiger partial charge >= 0.3 is 0 Å². The van der Waals surface area contributed by atoms with E-state index in [9.17, 15) is 9.59 Å². The van der Waals surface area contributed by atoms with Crippen LogP contribution in [0.15, 0.2) is 40.8 Å². The minimum atomic E-state index is -0.319. The molecule has 1 heterocycles. The summed E-state index contributed by atoms with van der Waals surface area (Å²) in [5.74, 6) is 0.676. The Kier molecular flexibility index (Phi) is 3.80. The summed E-state index contributed by atoms with van der Waals surface area (Å²) in [5.41, 5.74) is 1.14. The molecule has 0 fully saturated rings. The maximum atomic E-state index is 11.9. The molecule has 2 aromatic rings. The predicted octanol–water partition coefficient (Wildman–Crippen LogP) is 3.30. The van der Waals surface area contributed by atoms with Crippen LogP contribution in [0.2, 0.25) is 0 Å². The van der Waals surface area contributed by atoms with Gasteiger partial charge in [-0.05, 0) is 31.2 Å². The summed E-state index contributed by atoms with van der Waals surface area (Å²) < 4.78 is 5.37. The Morgan fingerprint density at radius 2 is 2.00 bits per heavy atom. The van der Waals surface area contributed by atoms with Gasteiger partial charge in [-0.1, -0.05) is 19.1 Å². The van der Waals surface area contributed by atoms with E-state index in [1.165, 1.54) is 6.92 Å². The molecule has 1 N–H and O–H groups in total. The fourth-order valence-electron chi connectivity index (χ4n) is 1.70. The molecule has 1 aromatic heterocycles. The Balaban J connectivity index is 2.14. The highest BCUT2D eigenvalue weighted by atomic mass is 16.3. The quantitative estimate of drug-likeness (QED) is 0.855. The van der Waals surface area contributed by atoms with E-state index in [2.05, 4.69) is 5.32 Å². The van der Waals surface area contributed by atoms with Gasteiger partial charge in [0.25, 0.3) is 5.91 Å². The minimum absolute atomic E-state index is 0.0395. The van der Waals surface area contributed by atoms with Gasteiger partial charge in [-0.25, -0.2) is 0 Å². The first-order chi connectivity index (χ1) is 9.10. The lowest BCUT2D eigenvalue weighted by atomic mass is 10.1. The average molecular weight is 257 g/mol. The first kappa shape index (κ1) is 13.1. The zero-order valence-electron chi connectivity index (χ0n) is 10.9. The summed E-state index contributed by atoms with van der Waals surface area (Å²) in [7, 11) is 0. The molecule has 0 aliphatic carbocycles. The maximum absolute atomic E-state index is 11.9. The Morgan fingerprint density at radius 1 is 1.21 bits per heavy atom. The predicted molar refractivity (Wildman–Crippen MR) is 72.5 cm³/mol. The first-order valence-electron chi connectivity index (χ1n) is 6.11. The smallest absolute Gasteiger partial charge is 0.291 e. The summed E-state index contributed by atoms with van der Waals surface area (Å²) in [5, 5.41) is 2.71. The molecule has 0 atom stereocenters. The third-order valence-electron chi connectivity index (χ3n) is 2.76. The van der Waals surface area contributed by atoms with E-state index in [4.69, 9.17) is 4.42 Å². The summed E-state index contributed by atoms with van der Waals surface area (Å²) in [6, 6.07) is 10.2. The van der Waals surface area contributed by atoms with Crippen LogP contribution >= 0.6 is 0 Å². The monoisotopic (exact) mass is 257 g/mol. The van der Waals surface area contributed by atoms with Crippen LogP contribution in [-0.4, -0.2) is 11.7 Å². The van der Waals surface area contributed by atoms with Gasteiger partial charge in [-0.15, -0.1) is 0 Å². The Labute approximate surface area is 111 Å². The van der Waals surface area contributed by atoms with E-state index >= 15 is 0 Å². The highest BCUT2D eigenvalue weighted by Gasteiger charge is 2.11. The second kappa shape index (κ2) is 5.52. The van der Waals surface area contributed by atoms with E-state index in [0.717, 1.165) is 12.2 Å². The van der Waals surface area contributed by atoms with Crippen molar-refractivity contribution in [3.8, 4) is 0 Å². The van der Waals surface area contributed by atoms with Crippen molar-refractivity contribution in [3.05, 3.63) is 53.5 Å². The van der Waals surface area contributed by atoms with E-state index in [0.29, 0.717) is 11.3 Å². The molecule has 0 aliphatic heterocycles. The molecule has 0 unspecified atom stereocenters. The van der Waals surface area contributed by atoms with Crippen LogP contribution in [0.5, 0.6) is 0 Å². The van der Waals surface area contributed by atoms with Crippen molar-refractivity contribution >= 4 is 17.4 Å². The number of hydrogen-bond donors (Lipinski definition) is 1. The summed E-state index contributed by atoms with van der Waals surface area (Å²) in [6.45, 7) is 3.44. The number of anilines is 1. The van der Waals surface area contributed by atoms with Gasteiger partial charge < -0.3 is 9.73 Å². The third-order valence-corrected chi connectivity index (χ3v) is 2.76. The number of rotatable bonds is 4. The van der Waals surface area contributed by atoms with Crippen molar-refractivity contribution in [2.24, 2.45) is 0 Å². The van der Waals surface area contributed by atoms with E-state index in [-0.39, 0.29) is 17.5 Å². The van der Waals surface area contributed by atoms with Crippen molar-refractivity contribution in [3.63, 3.8) is 0 Å². The van der Waals surface area contributed by atoms with Gasteiger partial charge in [0, 0.05) is 17.7 Å². The standard InChI is InChI=1S/C15H15NO3/c1-3-13-7-8-14(19-13)15(18)16-12-6-4-5-11(9-12)10(2)17/h4-9H,3H2,1-2H3,(H,16,18). The Bertz CT molecular complexity index is 613. The van der Waals surface area contributed by atoms with Crippen molar-refractivity contribution in [2.45, 2.75) is 20.3 Å². The normalized spacial score (nSPS) is 10.2. The summed E-state index contributed by atoms with van der Waals surface area (Å²) >= 11 is 0. The molecule has 0 saturated heterocycles. The van der Waals surface area contributed by atoms with E-state index < -0.39 is 0 Å². The zero-order valence-corrected chi connectivity index (χ0v) is 10.9. The van der Waals surface area contributed by atoms with Crippen molar-refractivity contribution < 1.29 is 14.0 Å². The van der Waals surface area contributed by atoms with Crippen molar-refractivity contribution in [2.75, 3.05) is 5.32 Å². The molecule has 98 valence electrons. The number of Topliss-reactive ketones (excluding diaryl/α,β-unsaturated/α-hetero) is 1. The van der Waals surface area contributed by atoms with Gasteiger partial charge in [-0.2, -0.15) is 0 Å². The van der Waals surface area contributed by atoms with Crippen LogP contribution in [-0.2, 0) is 6.42 Å². The SMILES string of the molecule is CCc1ccc(C(=O)Nc2cccc(C(C)=O)c2)o1. The largest absolute Gasteiger partial charge is 0.456 e. The molecule has 2 rings (SSSR count). The summed E-state index contributed by atoms with van der Waals surface area (Å²) in [6.07, 6.45) is 0.743. The van der Waals surface area contributed by atoms with Gasteiger partial charge in [0.05, 0.1) is 0 Å². The molecule has 0 radical (unpaired) electrons. The molecule has 0 saturated carbocycles. The lowest BCUT2D eigenvalue weighted by Gasteiger charge is -2.04. The lowest BCUT2D eigenvalue weighted by Crippen LogP contribution is -2.11. The number of carbonyl (C=O) groups is 2. The topological polar surface area (TPSA) is 59.3 Å². The van der Waals surface area contributed by atoms with Gasteiger partial charge in [0.1, 0.15) is 5.76 Å². The van der Waals surface area contributed by atoms with Gasteiger partial charge in [0.15, 0.2) is 11.5 Å². The number of nitrogens with one attached hydrogen (secondary N) is 1. The highest BCUT2D eigenvalue weighted by molar-refractivity contribution is 6.03. The molecule has 1 amide bonds. The van der Waals surface area contributed by atoms with Crippen molar-refractivity contribution in [1.82, 2.24) is 0 Å². The molecular formula is C15H15NO3. The summed E-state index contributed by atoms with van der Waals surface area (Å²) in [4.78, 5) is 23.2. The fraction of sp³-hybridized carbons (Fsp3) is 0.200. The number of amides is 1. The van der Waals surface area contributed by atoms with Crippen LogP contribution in [0.1, 0.15) is 40.5 Å². The first-order valence-corrected chi connectivity index (χ1v) is 6.11. The third kappa shape index (κ3) is 3.10. The molecule has 0 spiro atoms. The fourth-order valence-corrected chi connectivity index (χ4v) is 1.70. The lowest BCUT2D eigenvalue weighted by molar-refractivity contribution is 0.0990. The number of carbonyl (C=O) groups excluding carboxylic acids is 2. The van der Waals surface area contributed by atoms with Crippen LogP contribution in [0.4, 0.5) is 5.69 Å². The molecule has 4 heteroatoms. The number of furan rings is 1. The second-order valence-electron chi connectivity index (χ2n) is 4.21. The van der Waals surface area contributed by atoms with Crippen molar-refractivity contribution in [1.29, 1.82) is 0 Å². The second-order valence-corrected chi connectivity index (χ2v) is 4.21. The number of ketones is 1. The molecule has 0 bridgehead atoms.